The van der Waals surface area contributed by atoms with Gasteiger partial charge in [-0.25, -0.2) is 0 Å². The lowest BCUT2D eigenvalue weighted by Gasteiger charge is -2.43. The van der Waals surface area contributed by atoms with E-state index in [0.29, 0.717) is 6.54 Å². The molecule has 2 aliphatic heterocycles. The minimum Gasteiger partial charge on any atom is -0.363 e. The quantitative estimate of drug-likeness (QED) is 0.908. The molecule has 0 saturated carbocycles. The van der Waals surface area contributed by atoms with Gasteiger partial charge in [0.25, 0.3) is 0 Å². The maximum atomic E-state index is 11.2. The van der Waals surface area contributed by atoms with Crippen molar-refractivity contribution in [3.05, 3.63) is 30.3 Å². The number of rotatable bonds is 2. The maximum absolute atomic E-state index is 11.2. The molecule has 0 radical (unpaired) electrons. The van der Waals surface area contributed by atoms with E-state index in [9.17, 15) is 4.79 Å². The third-order valence-electron chi connectivity index (χ3n) is 4.50. The first-order valence-electron chi connectivity index (χ1n) is 7.79. The minimum atomic E-state index is -0.197. The number of ether oxygens (including phenoxy) is 1. The van der Waals surface area contributed by atoms with Crippen LogP contribution >= 0.6 is 11.3 Å². The third kappa shape index (κ3) is 2.94. The Hall–Kier alpha value is -1.99. The van der Waals surface area contributed by atoms with E-state index < -0.39 is 0 Å². The molecule has 3 heterocycles. The summed E-state index contributed by atoms with van der Waals surface area (Å²) in [6.07, 6.45) is 1.79. The lowest BCUT2D eigenvalue weighted by atomic mass is 9.90. The molecule has 0 atom stereocenters. The predicted molar refractivity (Wildman–Crippen MR) is 88.5 cm³/mol. The topological polar surface area (TPSA) is 67.3 Å². The van der Waals surface area contributed by atoms with E-state index in [1.807, 2.05) is 30.3 Å². The SMILES string of the molecule is O=C1COC2(CCN(c3nnc(-c4ccccc4)s3)CC2)CN1. The Kier molecular flexibility index (Phi) is 3.74. The number of hydrogen-bond donors (Lipinski definition) is 1. The second-order valence-electron chi connectivity index (χ2n) is 5.99. The van der Waals surface area contributed by atoms with Gasteiger partial charge in [0, 0.05) is 25.2 Å². The lowest BCUT2D eigenvalue weighted by molar-refractivity contribution is -0.146. The van der Waals surface area contributed by atoms with Crippen LogP contribution in [0, 0.1) is 0 Å². The van der Waals surface area contributed by atoms with Crippen molar-refractivity contribution in [1.29, 1.82) is 0 Å². The molecular weight excluding hydrogens is 312 g/mol. The zero-order valence-electron chi connectivity index (χ0n) is 12.7. The van der Waals surface area contributed by atoms with Crippen LogP contribution in [-0.4, -0.2) is 47.9 Å². The van der Waals surface area contributed by atoms with Crippen molar-refractivity contribution in [3.63, 3.8) is 0 Å². The number of benzene rings is 1. The number of anilines is 1. The second-order valence-corrected chi connectivity index (χ2v) is 6.95. The Balaban J connectivity index is 1.43. The number of morpholine rings is 1. The third-order valence-corrected chi connectivity index (χ3v) is 5.53. The molecule has 1 amide bonds. The summed E-state index contributed by atoms with van der Waals surface area (Å²) in [6.45, 7) is 2.54. The normalized spacial score (nSPS) is 20.5. The Morgan fingerprint density at radius 3 is 2.65 bits per heavy atom. The molecule has 2 saturated heterocycles. The van der Waals surface area contributed by atoms with Gasteiger partial charge >= 0.3 is 0 Å². The largest absolute Gasteiger partial charge is 0.363 e. The van der Waals surface area contributed by atoms with Crippen molar-refractivity contribution in [2.75, 3.05) is 31.1 Å². The molecule has 0 aliphatic carbocycles. The van der Waals surface area contributed by atoms with E-state index in [4.69, 9.17) is 4.74 Å². The fourth-order valence-electron chi connectivity index (χ4n) is 3.05. The van der Waals surface area contributed by atoms with Crippen molar-refractivity contribution in [2.24, 2.45) is 0 Å². The highest BCUT2D eigenvalue weighted by molar-refractivity contribution is 7.18. The molecule has 2 aliphatic rings. The Morgan fingerprint density at radius 1 is 1.17 bits per heavy atom. The van der Waals surface area contributed by atoms with Crippen LogP contribution in [0.1, 0.15) is 12.8 Å². The van der Waals surface area contributed by atoms with Crippen LogP contribution in [0.4, 0.5) is 5.13 Å². The first kappa shape index (κ1) is 14.6. The van der Waals surface area contributed by atoms with Crippen LogP contribution in [0.2, 0.25) is 0 Å². The summed E-state index contributed by atoms with van der Waals surface area (Å²) in [4.78, 5) is 13.5. The fourth-order valence-corrected chi connectivity index (χ4v) is 3.95. The van der Waals surface area contributed by atoms with Gasteiger partial charge < -0.3 is 15.0 Å². The number of carbonyl (C=O) groups is 1. The van der Waals surface area contributed by atoms with Gasteiger partial charge in [-0.1, -0.05) is 41.7 Å². The minimum absolute atomic E-state index is 0.0188. The Morgan fingerprint density at radius 2 is 1.96 bits per heavy atom. The van der Waals surface area contributed by atoms with Crippen LogP contribution in [0.3, 0.4) is 0 Å². The van der Waals surface area contributed by atoms with Gasteiger partial charge in [-0.05, 0) is 12.8 Å². The zero-order chi connectivity index (χ0) is 15.7. The van der Waals surface area contributed by atoms with E-state index in [1.165, 1.54) is 0 Å². The summed E-state index contributed by atoms with van der Waals surface area (Å²) < 4.78 is 5.81. The Bertz CT molecular complexity index is 683. The van der Waals surface area contributed by atoms with E-state index in [2.05, 4.69) is 20.4 Å². The summed E-state index contributed by atoms with van der Waals surface area (Å²) in [7, 11) is 0. The van der Waals surface area contributed by atoms with Crippen LogP contribution in [0.5, 0.6) is 0 Å². The summed E-state index contributed by atoms with van der Waals surface area (Å²) in [5.74, 6) is -0.0188. The maximum Gasteiger partial charge on any atom is 0.246 e. The highest BCUT2D eigenvalue weighted by Crippen LogP contribution is 2.33. The van der Waals surface area contributed by atoms with Gasteiger partial charge in [0.1, 0.15) is 11.6 Å². The fraction of sp³-hybridized carbons (Fsp3) is 0.438. The molecule has 0 unspecified atom stereocenters. The molecule has 2 fully saturated rings. The lowest BCUT2D eigenvalue weighted by Crippen LogP contribution is -2.57. The highest BCUT2D eigenvalue weighted by atomic mass is 32.1. The van der Waals surface area contributed by atoms with E-state index in [0.717, 1.165) is 41.6 Å². The number of nitrogens with one attached hydrogen (secondary N) is 1. The van der Waals surface area contributed by atoms with E-state index in [-0.39, 0.29) is 18.1 Å². The first-order chi connectivity index (χ1) is 11.2. The molecule has 1 spiro atoms. The van der Waals surface area contributed by atoms with Crippen LogP contribution in [0.15, 0.2) is 30.3 Å². The van der Waals surface area contributed by atoms with Crippen molar-refractivity contribution >= 4 is 22.4 Å². The number of aromatic nitrogens is 2. The van der Waals surface area contributed by atoms with Crippen LogP contribution < -0.4 is 10.2 Å². The van der Waals surface area contributed by atoms with Gasteiger partial charge in [0.15, 0.2) is 0 Å². The summed E-state index contributed by atoms with van der Waals surface area (Å²) in [5.41, 5.74) is 0.903. The Labute approximate surface area is 138 Å². The van der Waals surface area contributed by atoms with Gasteiger partial charge in [-0.2, -0.15) is 0 Å². The van der Waals surface area contributed by atoms with Gasteiger partial charge in [0.05, 0.1) is 5.60 Å². The van der Waals surface area contributed by atoms with Crippen molar-refractivity contribution in [1.82, 2.24) is 15.5 Å². The van der Waals surface area contributed by atoms with E-state index >= 15 is 0 Å². The summed E-state index contributed by atoms with van der Waals surface area (Å²) in [6, 6.07) is 10.1. The van der Waals surface area contributed by atoms with Crippen molar-refractivity contribution < 1.29 is 9.53 Å². The zero-order valence-corrected chi connectivity index (χ0v) is 13.5. The van der Waals surface area contributed by atoms with Gasteiger partial charge in [0.2, 0.25) is 11.0 Å². The highest BCUT2D eigenvalue weighted by Gasteiger charge is 2.39. The number of hydrogen-bond acceptors (Lipinski definition) is 6. The van der Waals surface area contributed by atoms with Crippen LogP contribution in [-0.2, 0) is 9.53 Å². The number of amides is 1. The van der Waals surface area contributed by atoms with Crippen molar-refractivity contribution in [3.8, 4) is 10.6 Å². The molecule has 2 aromatic rings. The monoisotopic (exact) mass is 330 g/mol. The molecule has 1 aromatic carbocycles. The molecule has 1 aromatic heterocycles. The standard InChI is InChI=1S/C16H18N4O2S/c21-13-10-22-16(11-17-13)6-8-20(9-7-16)15-19-18-14(23-15)12-4-2-1-3-5-12/h1-5H,6-11H2,(H,17,21). The molecule has 23 heavy (non-hydrogen) atoms. The van der Waals surface area contributed by atoms with Crippen molar-refractivity contribution in [2.45, 2.75) is 18.4 Å². The molecular formula is C16H18N4O2S. The summed E-state index contributed by atoms with van der Waals surface area (Å²) >= 11 is 1.62. The molecule has 1 N–H and O–H groups in total. The summed E-state index contributed by atoms with van der Waals surface area (Å²) in [5, 5.41) is 13.5. The number of piperidine rings is 1. The molecule has 7 heteroatoms. The average molecular weight is 330 g/mol. The second kappa shape index (κ2) is 5.90. The van der Waals surface area contributed by atoms with Gasteiger partial charge in [-0.15, -0.1) is 10.2 Å². The number of carbonyl (C=O) groups excluding carboxylic acids is 1. The molecule has 0 bridgehead atoms. The predicted octanol–water partition coefficient (Wildman–Crippen LogP) is 1.69. The number of nitrogens with zero attached hydrogens (tertiary/aromatic N) is 3. The average Bonchev–Trinajstić information content (AvgIpc) is 3.09. The van der Waals surface area contributed by atoms with Gasteiger partial charge in [-0.3, -0.25) is 4.79 Å². The molecule has 120 valence electrons. The molecule has 4 rings (SSSR count). The smallest absolute Gasteiger partial charge is 0.246 e. The van der Waals surface area contributed by atoms with Crippen LogP contribution in [0.25, 0.3) is 10.6 Å². The molecule has 6 nitrogen and oxygen atoms in total. The van der Waals surface area contributed by atoms with E-state index in [1.54, 1.807) is 11.3 Å². The first-order valence-corrected chi connectivity index (χ1v) is 8.60.